The number of pyridine rings is 1. The summed E-state index contributed by atoms with van der Waals surface area (Å²) in [7, 11) is 1.68. The Morgan fingerprint density at radius 1 is 1.03 bits per heavy atom. The first-order valence-electron chi connectivity index (χ1n) is 11.1. The van der Waals surface area contributed by atoms with Crippen LogP contribution in [0.1, 0.15) is 31.2 Å². The van der Waals surface area contributed by atoms with Crippen molar-refractivity contribution in [3.8, 4) is 28.3 Å². The lowest BCUT2D eigenvalue weighted by molar-refractivity contribution is 0.410. The van der Waals surface area contributed by atoms with Gasteiger partial charge >= 0.3 is 0 Å². The quantitative estimate of drug-likeness (QED) is 0.488. The Hall–Kier alpha value is -3.45. The van der Waals surface area contributed by atoms with E-state index in [-0.39, 0.29) is 0 Å². The van der Waals surface area contributed by atoms with Crippen molar-refractivity contribution in [1.29, 1.82) is 0 Å². The average Bonchev–Trinajstić information content (AvgIpc) is 3.25. The van der Waals surface area contributed by atoms with Crippen LogP contribution in [0.5, 0.6) is 5.75 Å². The van der Waals surface area contributed by atoms with Crippen LogP contribution in [0.25, 0.3) is 28.2 Å². The highest BCUT2D eigenvalue weighted by Crippen LogP contribution is 2.28. The Morgan fingerprint density at radius 3 is 2.69 bits per heavy atom. The normalized spacial score (nSPS) is 18.6. The van der Waals surface area contributed by atoms with Crippen molar-refractivity contribution < 1.29 is 4.74 Å². The van der Waals surface area contributed by atoms with Gasteiger partial charge in [-0.3, -0.25) is 4.40 Å². The van der Waals surface area contributed by atoms with Crippen molar-refractivity contribution in [2.24, 2.45) is 5.73 Å². The molecular formula is C25H28N6O. The second-order valence-corrected chi connectivity index (χ2v) is 8.50. The molecule has 7 heteroatoms. The number of ether oxygens (including phenoxy) is 1. The molecule has 1 saturated carbocycles. The predicted octanol–water partition coefficient (Wildman–Crippen LogP) is 4.46. The van der Waals surface area contributed by atoms with E-state index in [2.05, 4.69) is 38.0 Å². The number of benzene rings is 1. The lowest BCUT2D eigenvalue weighted by atomic mass is 9.92. The summed E-state index contributed by atoms with van der Waals surface area (Å²) in [4.78, 5) is 14.0. The fraction of sp³-hybridized carbons (Fsp3) is 0.320. The number of anilines is 1. The molecule has 7 nitrogen and oxygen atoms in total. The first-order valence-corrected chi connectivity index (χ1v) is 11.1. The molecule has 1 aliphatic rings. The van der Waals surface area contributed by atoms with Crippen molar-refractivity contribution in [2.75, 3.05) is 12.4 Å². The highest BCUT2D eigenvalue weighted by atomic mass is 16.5. The summed E-state index contributed by atoms with van der Waals surface area (Å²) >= 11 is 0. The largest absolute Gasteiger partial charge is 0.497 e. The molecule has 32 heavy (non-hydrogen) atoms. The van der Waals surface area contributed by atoms with Crippen molar-refractivity contribution >= 4 is 11.6 Å². The topological polar surface area (TPSA) is 90.4 Å². The SMILES string of the molecule is COc1cccc(-c2ccc3ncc(-c4nc(N[C@H]5CC[C@H](N)CC5)ncc4C)n3c2)c1. The van der Waals surface area contributed by atoms with Crippen molar-refractivity contribution in [3.05, 3.63) is 60.6 Å². The number of hydrogen-bond acceptors (Lipinski definition) is 6. The zero-order valence-corrected chi connectivity index (χ0v) is 18.5. The zero-order chi connectivity index (χ0) is 22.1. The molecule has 0 bridgehead atoms. The van der Waals surface area contributed by atoms with Crippen LogP contribution in [-0.2, 0) is 0 Å². The van der Waals surface area contributed by atoms with Gasteiger partial charge in [0.15, 0.2) is 0 Å². The first kappa shape index (κ1) is 20.5. The molecule has 0 atom stereocenters. The maximum atomic E-state index is 6.05. The summed E-state index contributed by atoms with van der Waals surface area (Å²) in [5, 5.41) is 3.51. The number of hydrogen-bond donors (Lipinski definition) is 2. The minimum atomic E-state index is 0.319. The van der Waals surface area contributed by atoms with Crippen molar-refractivity contribution in [3.63, 3.8) is 0 Å². The molecule has 164 valence electrons. The van der Waals surface area contributed by atoms with Crippen LogP contribution in [-0.4, -0.2) is 38.5 Å². The molecule has 0 saturated heterocycles. The van der Waals surface area contributed by atoms with Gasteiger partial charge < -0.3 is 15.8 Å². The molecule has 0 unspecified atom stereocenters. The van der Waals surface area contributed by atoms with Crippen LogP contribution < -0.4 is 15.8 Å². The van der Waals surface area contributed by atoms with Crippen molar-refractivity contribution in [1.82, 2.24) is 19.4 Å². The van der Waals surface area contributed by atoms with Gasteiger partial charge in [0.2, 0.25) is 5.95 Å². The number of aryl methyl sites for hydroxylation is 1. The molecule has 0 spiro atoms. The fourth-order valence-electron chi connectivity index (χ4n) is 4.35. The predicted molar refractivity (Wildman–Crippen MR) is 127 cm³/mol. The number of nitrogens with one attached hydrogen (secondary N) is 1. The first-order chi connectivity index (χ1) is 15.6. The molecule has 0 amide bonds. The summed E-state index contributed by atoms with van der Waals surface area (Å²) in [6.45, 7) is 2.03. The van der Waals surface area contributed by atoms with E-state index >= 15 is 0 Å². The van der Waals surface area contributed by atoms with E-state index < -0.39 is 0 Å². The number of aromatic nitrogens is 4. The van der Waals surface area contributed by atoms with Gasteiger partial charge in [0.1, 0.15) is 11.4 Å². The lowest BCUT2D eigenvalue weighted by Gasteiger charge is -2.26. The van der Waals surface area contributed by atoms with Crippen LogP contribution in [0.2, 0.25) is 0 Å². The van der Waals surface area contributed by atoms with Gasteiger partial charge in [0.05, 0.1) is 24.7 Å². The number of nitrogens with zero attached hydrogens (tertiary/aromatic N) is 4. The molecule has 0 aliphatic heterocycles. The molecule has 1 aromatic carbocycles. The van der Waals surface area contributed by atoms with Crippen LogP contribution >= 0.6 is 0 Å². The molecular weight excluding hydrogens is 400 g/mol. The third-order valence-corrected chi connectivity index (χ3v) is 6.23. The maximum absolute atomic E-state index is 6.05. The van der Waals surface area contributed by atoms with E-state index in [0.29, 0.717) is 18.0 Å². The Balaban J connectivity index is 1.50. The summed E-state index contributed by atoms with van der Waals surface area (Å²) in [6, 6.07) is 12.8. The molecule has 5 rings (SSSR count). The van der Waals surface area contributed by atoms with Crippen molar-refractivity contribution in [2.45, 2.75) is 44.7 Å². The molecule has 3 heterocycles. The fourth-order valence-corrected chi connectivity index (χ4v) is 4.35. The van der Waals surface area contributed by atoms with E-state index in [1.165, 1.54) is 0 Å². The Labute approximate surface area is 187 Å². The minimum absolute atomic E-state index is 0.319. The van der Waals surface area contributed by atoms with E-state index in [9.17, 15) is 0 Å². The van der Waals surface area contributed by atoms with Crippen LogP contribution in [0.15, 0.2) is 55.0 Å². The average molecular weight is 429 g/mol. The number of fused-ring (bicyclic) bond motifs is 1. The summed E-state index contributed by atoms with van der Waals surface area (Å²) < 4.78 is 7.48. The number of nitrogens with two attached hydrogens (primary N) is 1. The molecule has 3 aromatic heterocycles. The third kappa shape index (κ3) is 4.03. The van der Waals surface area contributed by atoms with Gasteiger partial charge in [-0.1, -0.05) is 12.1 Å². The van der Waals surface area contributed by atoms with Crippen LogP contribution in [0, 0.1) is 6.92 Å². The highest BCUT2D eigenvalue weighted by molar-refractivity contribution is 5.70. The van der Waals surface area contributed by atoms with Crippen LogP contribution in [0.3, 0.4) is 0 Å². The molecule has 4 aromatic rings. The maximum Gasteiger partial charge on any atom is 0.223 e. The van der Waals surface area contributed by atoms with Gasteiger partial charge in [-0.05, 0) is 73.6 Å². The Bertz CT molecular complexity index is 1240. The monoisotopic (exact) mass is 428 g/mol. The molecule has 1 aliphatic carbocycles. The van der Waals surface area contributed by atoms with E-state index in [4.69, 9.17) is 15.5 Å². The summed E-state index contributed by atoms with van der Waals surface area (Å²) in [6.07, 6.45) is 10.0. The van der Waals surface area contributed by atoms with Crippen LogP contribution in [0.4, 0.5) is 5.95 Å². The summed E-state index contributed by atoms with van der Waals surface area (Å²) in [5.74, 6) is 1.49. The van der Waals surface area contributed by atoms with Gasteiger partial charge in [0.25, 0.3) is 0 Å². The Kier molecular flexibility index (Phi) is 5.49. The molecule has 0 radical (unpaired) electrons. The molecule has 1 fully saturated rings. The smallest absolute Gasteiger partial charge is 0.223 e. The lowest BCUT2D eigenvalue weighted by Crippen LogP contribution is -2.33. The number of imidazole rings is 1. The highest BCUT2D eigenvalue weighted by Gasteiger charge is 2.20. The van der Waals surface area contributed by atoms with Gasteiger partial charge in [-0.2, -0.15) is 0 Å². The summed E-state index contributed by atoms with van der Waals surface area (Å²) in [5.41, 5.74) is 11.9. The zero-order valence-electron chi connectivity index (χ0n) is 18.5. The second kappa shape index (κ2) is 8.59. The van der Waals surface area contributed by atoms with E-state index in [1.54, 1.807) is 7.11 Å². The van der Waals surface area contributed by atoms with E-state index in [0.717, 1.165) is 65.2 Å². The third-order valence-electron chi connectivity index (χ3n) is 6.23. The molecule has 3 N–H and O–H groups in total. The standard InChI is InChI=1S/C25H28N6O/c1-16-13-28-25(29-20-9-7-19(26)8-10-20)30-24(16)22-14-27-23-11-6-18(15-31(22)23)17-4-3-5-21(12-17)32-2/h3-6,11-15,19-20H,7-10,26H2,1-2H3,(H,28,29,30)/t19-,20-. The number of rotatable bonds is 5. The second-order valence-electron chi connectivity index (χ2n) is 8.50. The van der Waals surface area contributed by atoms with Gasteiger partial charge in [-0.15, -0.1) is 0 Å². The minimum Gasteiger partial charge on any atom is -0.497 e. The van der Waals surface area contributed by atoms with Gasteiger partial charge in [-0.25, -0.2) is 15.0 Å². The van der Waals surface area contributed by atoms with E-state index in [1.807, 2.05) is 43.6 Å². The number of methoxy groups -OCH3 is 1. The van der Waals surface area contributed by atoms with Gasteiger partial charge in [0, 0.05) is 24.5 Å². The Morgan fingerprint density at radius 2 is 1.88 bits per heavy atom.